The van der Waals surface area contributed by atoms with Crippen LogP contribution >= 0.6 is 22.7 Å². The van der Waals surface area contributed by atoms with Gasteiger partial charge in [-0.25, -0.2) is 0 Å². The number of thiophene rings is 2. The van der Waals surface area contributed by atoms with Crippen molar-refractivity contribution >= 4 is 34.7 Å². The highest BCUT2D eigenvalue weighted by atomic mass is 32.1. The van der Waals surface area contributed by atoms with Gasteiger partial charge in [0.1, 0.15) is 0 Å². The van der Waals surface area contributed by atoms with E-state index in [1.54, 1.807) is 28.7 Å². The highest BCUT2D eigenvalue weighted by molar-refractivity contribution is 7.08. The molecule has 2 aromatic rings. The molecule has 1 amide bonds. The molecule has 1 atom stereocenters. The van der Waals surface area contributed by atoms with E-state index in [4.69, 9.17) is 5.11 Å². The predicted octanol–water partition coefficient (Wildman–Crippen LogP) is 3.50. The number of aliphatic hydroxyl groups is 1. The Morgan fingerprint density at radius 3 is 2.71 bits per heavy atom. The second kappa shape index (κ2) is 8.77. The van der Waals surface area contributed by atoms with Crippen molar-refractivity contribution in [1.82, 2.24) is 5.32 Å². The van der Waals surface area contributed by atoms with Gasteiger partial charge in [0, 0.05) is 19.2 Å². The van der Waals surface area contributed by atoms with Crippen molar-refractivity contribution < 1.29 is 9.90 Å². The van der Waals surface area contributed by atoms with Crippen molar-refractivity contribution in [2.24, 2.45) is 0 Å². The molecule has 0 radical (unpaired) electrons. The Balaban J connectivity index is 1.75. The van der Waals surface area contributed by atoms with Crippen LogP contribution in [0.5, 0.6) is 0 Å². The van der Waals surface area contributed by atoms with E-state index in [1.807, 2.05) is 28.3 Å². The second-order valence-corrected chi connectivity index (χ2v) is 6.30. The molecule has 0 bridgehead atoms. The zero-order valence-corrected chi connectivity index (χ0v) is 13.3. The van der Waals surface area contributed by atoms with Crippen LogP contribution in [-0.2, 0) is 4.79 Å². The van der Waals surface area contributed by atoms with Gasteiger partial charge in [-0.15, -0.1) is 0 Å². The second-order valence-electron chi connectivity index (χ2n) is 4.74. The molecule has 0 aliphatic carbocycles. The van der Waals surface area contributed by atoms with Crippen molar-refractivity contribution in [2.75, 3.05) is 13.2 Å². The van der Waals surface area contributed by atoms with E-state index in [2.05, 4.69) is 16.8 Å². The number of rotatable bonds is 8. The summed E-state index contributed by atoms with van der Waals surface area (Å²) in [6.45, 7) is 0.792. The molecule has 0 spiro atoms. The first-order valence-electron chi connectivity index (χ1n) is 6.90. The van der Waals surface area contributed by atoms with Gasteiger partial charge in [0.25, 0.3) is 0 Å². The van der Waals surface area contributed by atoms with Crippen molar-refractivity contribution in [2.45, 2.75) is 18.8 Å². The quantitative estimate of drug-likeness (QED) is 0.731. The molecule has 2 heterocycles. The first kappa shape index (κ1) is 15.9. The molecule has 0 aliphatic rings. The van der Waals surface area contributed by atoms with Crippen molar-refractivity contribution in [1.29, 1.82) is 0 Å². The summed E-state index contributed by atoms with van der Waals surface area (Å²) < 4.78 is 0. The van der Waals surface area contributed by atoms with Crippen LogP contribution in [0.4, 0.5) is 0 Å². The van der Waals surface area contributed by atoms with E-state index < -0.39 is 0 Å². The Morgan fingerprint density at radius 1 is 1.24 bits per heavy atom. The van der Waals surface area contributed by atoms with Crippen LogP contribution in [-0.4, -0.2) is 24.2 Å². The summed E-state index contributed by atoms with van der Waals surface area (Å²) in [7, 11) is 0. The summed E-state index contributed by atoms with van der Waals surface area (Å²) in [6, 6.07) is 4.06. The fourth-order valence-electron chi connectivity index (χ4n) is 2.11. The number of carbonyl (C=O) groups excluding carboxylic acids is 1. The van der Waals surface area contributed by atoms with E-state index in [0.717, 1.165) is 18.4 Å². The molecule has 3 nitrogen and oxygen atoms in total. The number of amides is 1. The Labute approximate surface area is 133 Å². The van der Waals surface area contributed by atoms with Crippen LogP contribution in [0.25, 0.3) is 6.08 Å². The maximum atomic E-state index is 11.7. The molecule has 0 saturated carbocycles. The minimum absolute atomic E-state index is 0.0748. The van der Waals surface area contributed by atoms with Gasteiger partial charge in [0.2, 0.25) is 5.91 Å². The summed E-state index contributed by atoms with van der Waals surface area (Å²) in [5.74, 6) is 0.233. The van der Waals surface area contributed by atoms with Gasteiger partial charge >= 0.3 is 0 Å². The van der Waals surface area contributed by atoms with Crippen molar-refractivity contribution in [3.8, 4) is 0 Å². The predicted molar refractivity (Wildman–Crippen MR) is 89.7 cm³/mol. The molecule has 0 aromatic carbocycles. The average molecular weight is 321 g/mol. The lowest BCUT2D eigenvalue weighted by Crippen LogP contribution is -2.23. The molecule has 2 N–H and O–H groups in total. The molecule has 112 valence electrons. The summed E-state index contributed by atoms with van der Waals surface area (Å²) in [5, 5.41) is 20.2. The summed E-state index contributed by atoms with van der Waals surface area (Å²) in [6.07, 6.45) is 4.95. The molecule has 2 rings (SSSR count). The standard InChI is InChI=1S/C16H19NO2S2/c18-8-4-14(15-6-10-21-12-15)3-7-17-16(19)2-1-13-5-9-20-11-13/h1-2,5-6,9-12,14,18H,3-4,7-8H2,(H,17,19)/b2-1+/t14-/m1/s1. The molecule has 0 unspecified atom stereocenters. The topological polar surface area (TPSA) is 49.3 Å². The molecule has 0 saturated heterocycles. The third kappa shape index (κ3) is 5.46. The van der Waals surface area contributed by atoms with E-state index in [0.29, 0.717) is 12.5 Å². The van der Waals surface area contributed by atoms with Gasteiger partial charge in [-0.1, -0.05) is 0 Å². The largest absolute Gasteiger partial charge is 0.396 e. The zero-order chi connectivity index (χ0) is 14.9. The lowest BCUT2D eigenvalue weighted by atomic mass is 9.95. The number of nitrogens with one attached hydrogen (secondary N) is 1. The molecular formula is C16H19NO2S2. The van der Waals surface area contributed by atoms with E-state index in [1.165, 1.54) is 5.56 Å². The van der Waals surface area contributed by atoms with Crippen molar-refractivity contribution in [3.05, 3.63) is 50.9 Å². The summed E-state index contributed by atoms with van der Waals surface area (Å²) in [4.78, 5) is 11.7. The van der Waals surface area contributed by atoms with Crippen LogP contribution in [0.1, 0.15) is 29.9 Å². The maximum absolute atomic E-state index is 11.7. The van der Waals surface area contributed by atoms with Crippen LogP contribution in [0.15, 0.2) is 39.7 Å². The summed E-state index contributed by atoms with van der Waals surface area (Å²) in [5.41, 5.74) is 2.30. The Hall–Kier alpha value is -1.43. The van der Waals surface area contributed by atoms with Gasteiger partial charge in [0.15, 0.2) is 0 Å². The molecular weight excluding hydrogens is 302 g/mol. The van der Waals surface area contributed by atoms with Gasteiger partial charge in [-0.2, -0.15) is 22.7 Å². The third-order valence-corrected chi connectivity index (χ3v) is 4.66. The number of carbonyl (C=O) groups is 1. The third-order valence-electron chi connectivity index (χ3n) is 3.25. The number of hydrogen-bond donors (Lipinski definition) is 2. The number of aliphatic hydroxyl groups excluding tert-OH is 1. The van der Waals surface area contributed by atoms with Crippen molar-refractivity contribution in [3.63, 3.8) is 0 Å². The summed E-state index contributed by atoms with van der Waals surface area (Å²) >= 11 is 3.27. The van der Waals surface area contributed by atoms with Crippen LogP contribution in [0.3, 0.4) is 0 Å². The van der Waals surface area contributed by atoms with E-state index >= 15 is 0 Å². The van der Waals surface area contributed by atoms with Gasteiger partial charge < -0.3 is 10.4 Å². The number of hydrogen-bond acceptors (Lipinski definition) is 4. The lowest BCUT2D eigenvalue weighted by Gasteiger charge is -2.14. The SMILES string of the molecule is O=C(/C=C/c1ccsc1)NCC[C@H](CCO)c1ccsc1. The minimum Gasteiger partial charge on any atom is -0.396 e. The van der Waals surface area contributed by atoms with Crippen LogP contribution < -0.4 is 5.32 Å². The molecule has 2 aromatic heterocycles. The van der Waals surface area contributed by atoms with Crippen LogP contribution in [0, 0.1) is 0 Å². The zero-order valence-electron chi connectivity index (χ0n) is 11.7. The first-order valence-corrected chi connectivity index (χ1v) is 8.79. The normalized spacial score (nSPS) is 12.6. The molecule has 0 aliphatic heterocycles. The molecule has 0 fully saturated rings. The van der Waals surface area contributed by atoms with Crippen LogP contribution in [0.2, 0.25) is 0 Å². The Bertz CT molecular complexity index is 547. The average Bonchev–Trinajstić information content (AvgIpc) is 3.17. The smallest absolute Gasteiger partial charge is 0.243 e. The van der Waals surface area contributed by atoms with E-state index in [-0.39, 0.29) is 12.5 Å². The Morgan fingerprint density at radius 2 is 2.05 bits per heavy atom. The fourth-order valence-corrected chi connectivity index (χ4v) is 3.48. The van der Waals surface area contributed by atoms with Gasteiger partial charge in [-0.05, 0) is 69.6 Å². The molecule has 5 heteroatoms. The maximum Gasteiger partial charge on any atom is 0.243 e. The van der Waals surface area contributed by atoms with Gasteiger partial charge in [0.05, 0.1) is 0 Å². The highest BCUT2D eigenvalue weighted by Crippen LogP contribution is 2.24. The molecule has 21 heavy (non-hydrogen) atoms. The highest BCUT2D eigenvalue weighted by Gasteiger charge is 2.11. The lowest BCUT2D eigenvalue weighted by molar-refractivity contribution is -0.116. The minimum atomic E-state index is -0.0748. The fraction of sp³-hybridized carbons (Fsp3) is 0.312. The van der Waals surface area contributed by atoms with Gasteiger partial charge in [-0.3, -0.25) is 4.79 Å². The van der Waals surface area contributed by atoms with E-state index in [9.17, 15) is 4.79 Å². The first-order chi connectivity index (χ1) is 10.3. The Kier molecular flexibility index (Phi) is 6.66. The monoisotopic (exact) mass is 321 g/mol.